The van der Waals surface area contributed by atoms with Gasteiger partial charge in [-0.1, -0.05) is 17.7 Å². The topological polar surface area (TPSA) is 73.6 Å². The number of nitrogens with zero attached hydrogens (tertiary/aromatic N) is 4. The minimum Gasteiger partial charge on any atom is -0.394 e. The van der Waals surface area contributed by atoms with Crippen LogP contribution in [0.25, 0.3) is 10.9 Å². The van der Waals surface area contributed by atoms with Crippen LogP contribution in [0.2, 0.25) is 5.02 Å². The van der Waals surface area contributed by atoms with E-state index in [1.54, 1.807) is 18.3 Å². The van der Waals surface area contributed by atoms with E-state index in [0.29, 0.717) is 30.2 Å². The Morgan fingerprint density at radius 1 is 1.29 bits per heavy atom. The number of piperazine rings is 1. The third kappa shape index (κ3) is 4.26. The first kappa shape index (κ1) is 23.1. The predicted molar refractivity (Wildman–Crippen MR) is 131 cm³/mol. The fraction of sp³-hybridized carbons (Fsp3) is 0.440. The Balaban J connectivity index is 1.39. The average molecular weight is 486 g/mol. The molecule has 0 bridgehead atoms. The molecule has 2 saturated heterocycles. The quantitative estimate of drug-likeness (QED) is 0.580. The molecule has 2 unspecified atom stereocenters. The Kier molecular flexibility index (Phi) is 6.46. The molecule has 0 aliphatic carbocycles. The number of hydrogen-bond donors (Lipinski definition) is 2. The van der Waals surface area contributed by atoms with E-state index < -0.39 is 0 Å². The Bertz CT molecular complexity index is 1200. The molecular formula is C25H29ClFN5O2. The normalized spacial score (nSPS) is 21.9. The number of fused-ring (bicyclic) bond motifs is 1. The smallest absolute Gasteiger partial charge is 0.240 e. The highest BCUT2D eigenvalue weighted by Gasteiger charge is 2.35. The standard InChI is InChI=1S/C25H29ClFN5O2/c1-16(21-7-5-18(26)11-22(21)27)32-24-12-19(6-4-17(24)13-29-32)30-9-10-31(20(14-30)15-33)25(34)23-3-2-8-28-23/h4-7,11-13,16,20,23,28,33H,2-3,8-10,14-15H2,1H3/t16-,20?,23?/m1/s1. The van der Waals surface area contributed by atoms with Gasteiger partial charge in [0.2, 0.25) is 5.91 Å². The zero-order valence-electron chi connectivity index (χ0n) is 19.1. The van der Waals surface area contributed by atoms with Crippen LogP contribution in [-0.4, -0.2) is 70.6 Å². The maximum absolute atomic E-state index is 14.6. The first-order chi connectivity index (χ1) is 16.5. The summed E-state index contributed by atoms with van der Waals surface area (Å²) in [5.41, 5.74) is 2.41. The highest BCUT2D eigenvalue weighted by molar-refractivity contribution is 6.30. The Hall–Kier alpha value is -2.68. The molecule has 0 saturated carbocycles. The van der Waals surface area contributed by atoms with Crippen molar-refractivity contribution in [3.63, 3.8) is 0 Å². The van der Waals surface area contributed by atoms with E-state index in [1.807, 2.05) is 28.6 Å². The van der Waals surface area contributed by atoms with Crippen molar-refractivity contribution >= 4 is 34.1 Å². The van der Waals surface area contributed by atoms with E-state index in [0.717, 1.165) is 36.0 Å². The molecule has 2 N–H and O–H groups in total. The molecule has 2 aliphatic heterocycles. The molecule has 9 heteroatoms. The second-order valence-corrected chi connectivity index (χ2v) is 9.57. The number of hydrogen-bond acceptors (Lipinski definition) is 5. The van der Waals surface area contributed by atoms with Gasteiger partial charge in [-0.25, -0.2) is 4.39 Å². The molecule has 0 spiro atoms. The van der Waals surface area contributed by atoms with Crippen LogP contribution in [0.15, 0.2) is 42.6 Å². The van der Waals surface area contributed by atoms with Crippen molar-refractivity contribution in [2.45, 2.75) is 37.9 Å². The fourth-order valence-corrected chi connectivity index (χ4v) is 5.29. The molecule has 2 aliphatic rings. The van der Waals surface area contributed by atoms with E-state index in [1.165, 1.54) is 6.07 Å². The summed E-state index contributed by atoms with van der Waals surface area (Å²) < 4.78 is 16.4. The molecule has 5 rings (SSSR count). The summed E-state index contributed by atoms with van der Waals surface area (Å²) in [7, 11) is 0. The van der Waals surface area contributed by atoms with Crippen LogP contribution in [-0.2, 0) is 4.79 Å². The van der Waals surface area contributed by atoms with E-state index >= 15 is 0 Å². The molecule has 1 aromatic heterocycles. The van der Waals surface area contributed by atoms with Crippen LogP contribution >= 0.6 is 11.6 Å². The lowest BCUT2D eigenvalue weighted by Gasteiger charge is -2.42. The van der Waals surface area contributed by atoms with Crippen LogP contribution < -0.4 is 10.2 Å². The molecule has 3 heterocycles. The molecule has 7 nitrogen and oxygen atoms in total. The molecule has 3 aromatic rings. The summed E-state index contributed by atoms with van der Waals surface area (Å²) in [5.74, 6) is -0.272. The van der Waals surface area contributed by atoms with Crippen molar-refractivity contribution < 1.29 is 14.3 Å². The van der Waals surface area contributed by atoms with Gasteiger partial charge in [-0.2, -0.15) is 5.10 Å². The van der Waals surface area contributed by atoms with Crippen molar-refractivity contribution in [1.29, 1.82) is 0 Å². The molecule has 34 heavy (non-hydrogen) atoms. The molecule has 0 radical (unpaired) electrons. The number of halogens is 2. The molecule has 2 aromatic carbocycles. The van der Waals surface area contributed by atoms with Crippen LogP contribution in [0.4, 0.5) is 10.1 Å². The summed E-state index contributed by atoms with van der Waals surface area (Å²) in [5, 5.41) is 19.2. The summed E-state index contributed by atoms with van der Waals surface area (Å²) in [6.07, 6.45) is 3.64. The maximum Gasteiger partial charge on any atom is 0.240 e. The lowest BCUT2D eigenvalue weighted by molar-refractivity contribution is -0.136. The van der Waals surface area contributed by atoms with Gasteiger partial charge in [0.05, 0.1) is 36.4 Å². The number of aromatic nitrogens is 2. The molecule has 1 amide bonds. The SMILES string of the molecule is C[C@H](c1ccc(Cl)cc1F)n1ncc2ccc(N3CCN(C(=O)C4CCCN4)C(CO)C3)cc21. The largest absolute Gasteiger partial charge is 0.394 e. The van der Waals surface area contributed by atoms with Gasteiger partial charge in [-0.05, 0) is 56.6 Å². The number of carbonyl (C=O) groups excluding carboxylic acids is 1. The molecule has 2 fully saturated rings. The fourth-order valence-electron chi connectivity index (χ4n) is 5.14. The third-order valence-corrected chi connectivity index (χ3v) is 7.30. The number of carbonyl (C=O) groups is 1. The Labute approximate surface area is 203 Å². The zero-order chi connectivity index (χ0) is 23.8. The van der Waals surface area contributed by atoms with Crippen molar-refractivity contribution in [3.8, 4) is 0 Å². The van der Waals surface area contributed by atoms with Gasteiger partial charge in [0.25, 0.3) is 0 Å². The zero-order valence-corrected chi connectivity index (χ0v) is 19.9. The minimum absolute atomic E-state index is 0.0813. The van der Waals surface area contributed by atoms with Crippen molar-refractivity contribution in [1.82, 2.24) is 20.0 Å². The Morgan fingerprint density at radius 3 is 2.88 bits per heavy atom. The number of benzene rings is 2. The van der Waals surface area contributed by atoms with Crippen LogP contribution in [0.3, 0.4) is 0 Å². The second kappa shape index (κ2) is 9.52. The number of nitrogens with one attached hydrogen (secondary N) is 1. The third-order valence-electron chi connectivity index (χ3n) is 7.06. The van der Waals surface area contributed by atoms with Crippen LogP contribution in [0.1, 0.15) is 31.4 Å². The van der Waals surface area contributed by atoms with E-state index in [-0.39, 0.29) is 36.5 Å². The lowest BCUT2D eigenvalue weighted by atomic mass is 10.1. The van der Waals surface area contributed by atoms with E-state index in [4.69, 9.17) is 11.6 Å². The van der Waals surface area contributed by atoms with E-state index in [2.05, 4.69) is 21.4 Å². The summed E-state index contributed by atoms with van der Waals surface area (Å²) >= 11 is 5.92. The lowest BCUT2D eigenvalue weighted by Crippen LogP contribution is -2.59. The van der Waals surface area contributed by atoms with Crippen molar-refractivity contribution in [3.05, 3.63) is 59.0 Å². The molecule has 180 valence electrons. The summed E-state index contributed by atoms with van der Waals surface area (Å²) in [6, 6.07) is 10.1. The highest BCUT2D eigenvalue weighted by Crippen LogP contribution is 2.30. The number of anilines is 1. The summed E-state index contributed by atoms with van der Waals surface area (Å²) in [4.78, 5) is 17.0. The maximum atomic E-state index is 14.6. The van der Waals surface area contributed by atoms with Gasteiger partial charge in [-0.3, -0.25) is 9.48 Å². The monoisotopic (exact) mass is 485 g/mol. The van der Waals surface area contributed by atoms with Gasteiger partial charge in [0.1, 0.15) is 5.82 Å². The van der Waals surface area contributed by atoms with Gasteiger partial charge in [0, 0.05) is 41.3 Å². The van der Waals surface area contributed by atoms with Gasteiger partial charge >= 0.3 is 0 Å². The number of aliphatic hydroxyl groups excluding tert-OH is 1. The molecular weight excluding hydrogens is 457 g/mol. The van der Waals surface area contributed by atoms with Crippen LogP contribution in [0, 0.1) is 5.82 Å². The van der Waals surface area contributed by atoms with Gasteiger partial charge in [-0.15, -0.1) is 0 Å². The van der Waals surface area contributed by atoms with Crippen LogP contribution in [0.5, 0.6) is 0 Å². The van der Waals surface area contributed by atoms with Gasteiger partial charge < -0.3 is 20.2 Å². The number of rotatable bonds is 5. The Morgan fingerprint density at radius 2 is 2.15 bits per heavy atom. The molecule has 3 atom stereocenters. The average Bonchev–Trinajstić information content (AvgIpc) is 3.53. The number of aliphatic hydroxyl groups is 1. The predicted octanol–water partition coefficient (Wildman–Crippen LogP) is 3.20. The van der Waals surface area contributed by atoms with Gasteiger partial charge in [0.15, 0.2) is 0 Å². The van der Waals surface area contributed by atoms with Crippen molar-refractivity contribution in [2.24, 2.45) is 0 Å². The second-order valence-electron chi connectivity index (χ2n) is 9.14. The summed E-state index contributed by atoms with van der Waals surface area (Å²) in [6.45, 7) is 4.49. The minimum atomic E-state index is -0.358. The van der Waals surface area contributed by atoms with Crippen molar-refractivity contribution in [2.75, 3.05) is 37.7 Å². The first-order valence-electron chi connectivity index (χ1n) is 11.8. The van der Waals surface area contributed by atoms with E-state index in [9.17, 15) is 14.3 Å². The highest BCUT2D eigenvalue weighted by atomic mass is 35.5. The first-order valence-corrected chi connectivity index (χ1v) is 12.2. The number of amides is 1.